The van der Waals surface area contributed by atoms with Gasteiger partial charge in [0.2, 0.25) is 5.28 Å². The fourth-order valence-electron chi connectivity index (χ4n) is 4.55. The number of benzene rings is 1. The number of hydrogen-bond donors (Lipinski definition) is 2. The summed E-state index contributed by atoms with van der Waals surface area (Å²) in [5.41, 5.74) is 4.25. The van der Waals surface area contributed by atoms with Crippen LogP contribution < -0.4 is 10.6 Å². The Hall–Kier alpha value is -2.43. The molecule has 2 aliphatic heterocycles. The van der Waals surface area contributed by atoms with Crippen molar-refractivity contribution in [3.8, 4) is 10.4 Å². The number of hydrogen-bond acceptors (Lipinski definition) is 7. The summed E-state index contributed by atoms with van der Waals surface area (Å²) in [5.74, 6) is 0.690. The average molecular weight is 550 g/mol. The molecule has 0 bridgehead atoms. The summed E-state index contributed by atoms with van der Waals surface area (Å²) in [4.78, 5) is 28.0. The van der Waals surface area contributed by atoms with E-state index >= 15 is 0 Å². The number of halogens is 2. The molecule has 1 aromatic carbocycles. The van der Waals surface area contributed by atoms with Gasteiger partial charge in [0, 0.05) is 35.0 Å². The molecule has 4 heterocycles. The number of morpholine rings is 1. The molecule has 8 nitrogen and oxygen atoms in total. The highest BCUT2D eigenvalue weighted by Gasteiger charge is 2.32. The SMILES string of the molecule is CNCc1ccccc1-c1ccc(C(C)Nc2nc(Cl)nc3c2CN(C(=O)N2CCOCC2)C3)s1.Cl. The molecule has 0 spiro atoms. The van der Waals surface area contributed by atoms with E-state index in [4.69, 9.17) is 16.3 Å². The Labute approximate surface area is 226 Å². The van der Waals surface area contributed by atoms with Crippen LogP contribution in [0, 0.1) is 0 Å². The number of anilines is 1. The number of carbonyl (C=O) groups excluding carboxylic acids is 1. The number of fused-ring (bicyclic) bond motifs is 1. The van der Waals surface area contributed by atoms with Crippen molar-refractivity contribution in [1.29, 1.82) is 0 Å². The van der Waals surface area contributed by atoms with Gasteiger partial charge >= 0.3 is 6.03 Å². The lowest BCUT2D eigenvalue weighted by Crippen LogP contribution is -2.46. The van der Waals surface area contributed by atoms with Crippen molar-refractivity contribution in [2.45, 2.75) is 32.6 Å². The quantitative estimate of drug-likeness (QED) is 0.424. The lowest BCUT2D eigenvalue weighted by Gasteiger charge is -2.30. The van der Waals surface area contributed by atoms with E-state index in [9.17, 15) is 4.79 Å². The van der Waals surface area contributed by atoms with Gasteiger partial charge in [0.1, 0.15) is 5.82 Å². The number of amides is 2. The predicted molar refractivity (Wildman–Crippen MR) is 146 cm³/mol. The largest absolute Gasteiger partial charge is 0.378 e. The van der Waals surface area contributed by atoms with E-state index in [-0.39, 0.29) is 29.8 Å². The van der Waals surface area contributed by atoms with Crippen LogP contribution in [0.25, 0.3) is 10.4 Å². The fourth-order valence-corrected chi connectivity index (χ4v) is 5.80. The van der Waals surface area contributed by atoms with E-state index in [0.717, 1.165) is 17.8 Å². The van der Waals surface area contributed by atoms with Gasteiger partial charge in [0.15, 0.2) is 0 Å². The molecule has 11 heteroatoms. The topological polar surface area (TPSA) is 82.6 Å². The predicted octanol–water partition coefficient (Wildman–Crippen LogP) is 4.94. The molecule has 0 aliphatic carbocycles. The van der Waals surface area contributed by atoms with Crippen molar-refractivity contribution in [2.75, 3.05) is 38.7 Å². The first kappa shape index (κ1) is 26.6. The van der Waals surface area contributed by atoms with Crippen molar-refractivity contribution in [2.24, 2.45) is 0 Å². The first-order valence-electron chi connectivity index (χ1n) is 11.8. The second kappa shape index (κ2) is 11.7. The third-order valence-electron chi connectivity index (χ3n) is 6.36. The second-order valence-electron chi connectivity index (χ2n) is 8.76. The van der Waals surface area contributed by atoms with E-state index in [0.29, 0.717) is 45.2 Å². The lowest BCUT2D eigenvalue weighted by atomic mass is 10.1. The van der Waals surface area contributed by atoms with E-state index in [1.54, 1.807) is 16.2 Å². The van der Waals surface area contributed by atoms with Gasteiger partial charge in [-0.3, -0.25) is 0 Å². The van der Waals surface area contributed by atoms with Crippen LogP contribution in [0.1, 0.15) is 34.7 Å². The minimum absolute atomic E-state index is 0. The van der Waals surface area contributed by atoms with Crippen molar-refractivity contribution in [3.05, 3.63) is 63.4 Å². The first-order valence-corrected chi connectivity index (χ1v) is 13.0. The van der Waals surface area contributed by atoms with Crippen LogP contribution in [-0.4, -0.2) is 59.1 Å². The Kier molecular flexibility index (Phi) is 8.69. The minimum Gasteiger partial charge on any atom is -0.378 e. The van der Waals surface area contributed by atoms with Crippen LogP contribution in [-0.2, 0) is 24.4 Å². The average Bonchev–Trinajstić information content (AvgIpc) is 3.53. The zero-order valence-corrected chi connectivity index (χ0v) is 22.7. The number of nitrogens with zero attached hydrogens (tertiary/aromatic N) is 4. The lowest BCUT2D eigenvalue weighted by molar-refractivity contribution is 0.0429. The van der Waals surface area contributed by atoms with E-state index in [1.807, 2.05) is 11.9 Å². The number of urea groups is 1. The number of thiophene rings is 1. The Morgan fingerprint density at radius 2 is 1.92 bits per heavy atom. The molecule has 1 saturated heterocycles. The maximum absolute atomic E-state index is 13.0. The number of ether oxygens (including phenoxy) is 1. The van der Waals surface area contributed by atoms with E-state index in [1.165, 1.54) is 20.9 Å². The molecule has 2 N–H and O–H groups in total. The molecular formula is C25H30Cl2N6O2S. The van der Waals surface area contributed by atoms with Gasteiger partial charge in [-0.05, 0) is 48.8 Å². The van der Waals surface area contributed by atoms with Crippen LogP contribution in [0.15, 0.2) is 36.4 Å². The summed E-state index contributed by atoms with van der Waals surface area (Å²) < 4.78 is 5.38. The van der Waals surface area contributed by atoms with Gasteiger partial charge in [-0.2, -0.15) is 0 Å². The van der Waals surface area contributed by atoms with E-state index < -0.39 is 0 Å². The van der Waals surface area contributed by atoms with Gasteiger partial charge in [0.25, 0.3) is 0 Å². The highest BCUT2D eigenvalue weighted by Crippen LogP contribution is 2.36. The van der Waals surface area contributed by atoms with Crippen LogP contribution in [0.2, 0.25) is 5.28 Å². The Morgan fingerprint density at radius 3 is 2.69 bits per heavy atom. The molecule has 1 unspecified atom stereocenters. The van der Waals surface area contributed by atoms with Crippen molar-refractivity contribution >= 4 is 47.2 Å². The van der Waals surface area contributed by atoms with Crippen LogP contribution in [0.5, 0.6) is 0 Å². The summed E-state index contributed by atoms with van der Waals surface area (Å²) in [7, 11) is 1.96. The maximum Gasteiger partial charge on any atom is 0.320 e. The number of rotatable bonds is 6. The van der Waals surface area contributed by atoms with Crippen LogP contribution in [0.3, 0.4) is 0 Å². The summed E-state index contributed by atoms with van der Waals surface area (Å²) in [5, 5.41) is 6.97. The van der Waals surface area contributed by atoms with Crippen LogP contribution in [0.4, 0.5) is 10.6 Å². The zero-order valence-electron chi connectivity index (χ0n) is 20.3. The summed E-state index contributed by atoms with van der Waals surface area (Å²) in [6, 6.07) is 12.8. The number of nitrogens with one attached hydrogen (secondary N) is 2. The fraction of sp³-hybridized carbons (Fsp3) is 0.400. The molecule has 192 valence electrons. The van der Waals surface area contributed by atoms with E-state index in [2.05, 4.69) is 63.9 Å². The summed E-state index contributed by atoms with van der Waals surface area (Å²) in [6.45, 7) is 6.20. The third kappa shape index (κ3) is 5.60. The number of aromatic nitrogens is 2. The van der Waals surface area contributed by atoms with Gasteiger partial charge in [-0.25, -0.2) is 14.8 Å². The molecule has 0 saturated carbocycles. The zero-order chi connectivity index (χ0) is 24.4. The standard InChI is InChI=1S/C25H29ClN6O2S.ClH/c1-16(21-7-8-22(35-21)18-6-4-3-5-17(18)13-27-2)28-23-19-14-32(15-20(19)29-24(26)30-23)25(33)31-9-11-34-12-10-31;/h3-8,16,27H,9-15H2,1-2H3,(H,28,29,30);1H. The van der Waals surface area contributed by atoms with Crippen molar-refractivity contribution < 1.29 is 9.53 Å². The molecule has 0 radical (unpaired) electrons. The highest BCUT2D eigenvalue weighted by atomic mass is 35.5. The maximum atomic E-state index is 13.0. The van der Waals surface area contributed by atoms with Crippen LogP contribution >= 0.6 is 35.3 Å². The monoisotopic (exact) mass is 548 g/mol. The second-order valence-corrected chi connectivity index (χ2v) is 10.2. The third-order valence-corrected chi connectivity index (χ3v) is 7.83. The van der Waals surface area contributed by atoms with Gasteiger partial charge in [0.05, 0.1) is 38.0 Å². The molecule has 36 heavy (non-hydrogen) atoms. The molecular weight excluding hydrogens is 519 g/mol. The molecule has 2 aromatic heterocycles. The normalized spacial score (nSPS) is 15.9. The Balaban J connectivity index is 0.00000304. The molecule has 3 aromatic rings. The van der Waals surface area contributed by atoms with Gasteiger partial charge < -0.3 is 25.2 Å². The summed E-state index contributed by atoms with van der Waals surface area (Å²) in [6.07, 6.45) is 0. The van der Waals surface area contributed by atoms with Crippen molar-refractivity contribution in [3.63, 3.8) is 0 Å². The Morgan fingerprint density at radius 1 is 1.14 bits per heavy atom. The molecule has 1 fully saturated rings. The minimum atomic E-state index is 0. The molecule has 1 atom stereocenters. The van der Waals surface area contributed by atoms with Gasteiger partial charge in [-0.1, -0.05) is 24.3 Å². The Bertz CT molecular complexity index is 1220. The molecule has 2 aliphatic rings. The van der Waals surface area contributed by atoms with Gasteiger partial charge in [-0.15, -0.1) is 23.7 Å². The smallest absolute Gasteiger partial charge is 0.320 e. The van der Waals surface area contributed by atoms with Crippen molar-refractivity contribution in [1.82, 2.24) is 25.1 Å². The highest BCUT2D eigenvalue weighted by molar-refractivity contribution is 7.15. The molecule has 5 rings (SSSR count). The summed E-state index contributed by atoms with van der Waals surface area (Å²) >= 11 is 8.03. The molecule has 2 amide bonds. The number of carbonyl (C=O) groups is 1. The first-order chi connectivity index (χ1) is 17.0.